The molecule has 1 saturated carbocycles. The number of rotatable bonds is 4. The van der Waals surface area contributed by atoms with Gasteiger partial charge in [-0.2, -0.15) is 0 Å². The Labute approximate surface area is 114 Å². The first-order valence-electron chi connectivity index (χ1n) is 6.59. The van der Waals surface area contributed by atoms with Crippen LogP contribution in [-0.4, -0.2) is 18.9 Å². The molecule has 1 aliphatic carbocycles. The number of carbonyl (C=O) groups excluding carboxylic acids is 2. The SMILES string of the molecule is CCOC=O.O=C1CCCC1C=Cc1ccccc1. The van der Waals surface area contributed by atoms with E-state index < -0.39 is 0 Å². The molecular formula is C16H20O3. The average Bonchev–Trinajstić information content (AvgIpc) is 2.85. The highest BCUT2D eigenvalue weighted by atomic mass is 16.5. The van der Waals surface area contributed by atoms with Crippen molar-refractivity contribution in [2.75, 3.05) is 6.61 Å². The van der Waals surface area contributed by atoms with E-state index >= 15 is 0 Å². The predicted octanol–water partition coefficient (Wildman–Crippen LogP) is 3.25. The third kappa shape index (κ3) is 6.00. The number of Topliss-reactive ketones (excluding diaryl/α,β-unsaturated/α-hetero) is 1. The van der Waals surface area contributed by atoms with Crippen LogP contribution in [0.3, 0.4) is 0 Å². The molecule has 0 aromatic heterocycles. The van der Waals surface area contributed by atoms with Crippen molar-refractivity contribution in [2.45, 2.75) is 26.2 Å². The first-order chi connectivity index (χ1) is 9.27. The lowest BCUT2D eigenvalue weighted by Gasteiger charge is -1.98. The van der Waals surface area contributed by atoms with E-state index in [1.165, 1.54) is 5.56 Å². The molecule has 3 heteroatoms. The molecule has 0 saturated heterocycles. The van der Waals surface area contributed by atoms with Gasteiger partial charge in [-0.25, -0.2) is 0 Å². The van der Waals surface area contributed by atoms with Gasteiger partial charge < -0.3 is 4.74 Å². The summed E-state index contributed by atoms with van der Waals surface area (Å²) in [4.78, 5) is 20.5. The highest BCUT2D eigenvalue weighted by Crippen LogP contribution is 2.23. The molecule has 1 aromatic rings. The second kappa shape index (κ2) is 9.09. The zero-order valence-corrected chi connectivity index (χ0v) is 11.2. The van der Waals surface area contributed by atoms with Crippen molar-refractivity contribution in [2.24, 2.45) is 5.92 Å². The van der Waals surface area contributed by atoms with Crippen molar-refractivity contribution < 1.29 is 14.3 Å². The number of benzene rings is 1. The van der Waals surface area contributed by atoms with E-state index in [0.717, 1.165) is 19.3 Å². The zero-order chi connectivity index (χ0) is 13.9. The van der Waals surface area contributed by atoms with Gasteiger partial charge in [-0.1, -0.05) is 42.5 Å². The Hall–Kier alpha value is -1.90. The molecule has 0 spiro atoms. The minimum atomic E-state index is 0.176. The molecule has 0 amide bonds. The van der Waals surface area contributed by atoms with Crippen LogP contribution in [0.4, 0.5) is 0 Å². The first kappa shape index (κ1) is 15.2. The van der Waals surface area contributed by atoms with Crippen LogP contribution in [0, 0.1) is 5.92 Å². The van der Waals surface area contributed by atoms with E-state index in [4.69, 9.17) is 0 Å². The summed E-state index contributed by atoms with van der Waals surface area (Å²) in [7, 11) is 0. The second-order valence-electron chi connectivity index (χ2n) is 4.29. The number of hydrogen-bond acceptors (Lipinski definition) is 3. The second-order valence-corrected chi connectivity index (χ2v) is 4.29. The van der Waals surface area contributed by atoms with E-state index in [9.17, 15) is 9.59 Å². The molecular weight excluding hydrogens is 240 g/mol. The highest BCUT2D eigenvalue weighted by Gasteiger charge is 2.21. The molecule has 0 aliphatic heterocycles. The van der Waals surface area contributed by atoms with Crippen molar-refractivity contribution in [1.82, 2.24) is 0 Å². The quantitative estimate of drug-likeness (QED) is 0.780. The summed E-state index contributed by atoms with van der Waals surface area (Å²) in [6.45, 7) is 2.66. The van der Waals surface area contributed by atoms with E-state index in [-0.39, 0.29) is 5.92 Å². The Morgan fingerprint density at radius 3 is 2.53 bits per heavy atom. The molecule has 1 atom stereocenters. The lowest BCUT2D eigenvalue weighted by atomic mass is 10.1. The minimum Gasteiger partial charge on any atom is -0.468 e. The Morgan fingerprint density at radius 2 is 2.05 bits per heavy atom. The van der Waals surface area contributed by atoms with Crippen LogP contribution in [-0.2, 0) is 14.3 Å². The number of ether oxygens (including phenoxy) is 1. The van der Waals surface area contributed by atoms with Crippen LogP contribution in [0.2, 0.25) is 0 Å². The molecule has 1 aliphatic rings. The lowest BCUT2D eigenvalue weighted by Crippen LogP contribution is -2.01. The Kier molecular flexibility index (Phi) is 7.25. The molecule has 1 aromatic carbocycles. The van der Waals surface area contributed by atoms with Crippen LogP contribution in [0.1, 0.15) is 31.7 Å². The van der Waals surface area contributed by atoms with E-state index in [1.807, 2.05) is 30.4 Å². The summed E-state index contributed by atoms with van der Waals surface area (Å²) < 4.78 is 4.15. The van der Waals surface area contributed by atoms with Gasteiger partial charge in [0.15, 0.2) is 0 Å². The molecule has 0 radical (unpaired) electrons. The smallest absolute Gasteiger partial charge is 0.293 e. The van der Waals surface area contributed by atoms with Crippen molar-refractivity contribution in [1.29, 1.82) is 0 Å². The Morgan fingerprint density at radius 1 is 1.32 bits per heavy atom. The van der Waals surface area contributed by atoms with Gasteiger partial charge in [0.2, 0.25) is 0 Å². The summed E-state index contributed by atoms with van der Waals surface area (Å²) in [6.07, 6.45) is 6.95. The molecule has 102 valence electrons. The van der Waals surface area contributed by atoms with Crippen molar-refractivity contribution in [3.8, 4) is 0 Å². The standard InChI is InChI=1S/C13H14O.C3H6O2/c14-13-8-4-7-12(13)10-9-11-5-2-1-3-6-11;1-2-5-3-4/h1-3,5-6,9-10,12H,4,7-8H2;3H,2H2,1H3. The van der Waals surface area contributed by atoms with E-state index in [0.29, 0.717) is 18.9 Å². The molecule has 0 bridgehead atoms. The van der Waals surface area contributed by atoms with Crippen LogP contribution >= 0.6 is 0 Å². The van der Waals surface area contributed by atoms with Gasteiger partial charge >= 0.3 is 0 Å². The van der Waals surface area contributed by atoms with Crippen molar-refractivity contribution in [3.05, 3.63) is 42.0 Å². The van der Waals surface area contributed by atoms with Gasteiger partial charge in [0.25, 0.3) is 6.47 Å². The largest absolute Gasteiger partial charge is 0.468 e. The van der Waals surface area contributed by atoms with Gasteiger partial charge in [-0.15, -0.1) is 0 Å². The molecule has 0 N–H and O–H groups in total. The molecule has 1 fully saturated rings. The molecule has 3 nitrogen and oxygen atoms in total. The van der Waals surface area contributed by atoms with Crippen LogP contribution in [0.25, 0.3) is 6.08 Å². The fourth-order valence-corrected chi connectivity index (χ4v) is 1.91. The molecule has 0 heterocycles. The molecule has 2 rings (SSSR count). The van der Waals surface area contributed by atoms with Gasteiger partial charge in [0, 0.05) is 12.3 Å². The minimum absolute atomic E-state index is 0.176. The zero-order valence-electron chi connectivity index (χ0n) is 11.2. The molecule has 1 unspecified atom stereocenters. The molecule has 19 heavy (non-hydrogen) atoms. The summed E-state index contributed by atoms with van der Waals surface area (Å²) in [5.74, 6) is 0.576. The Balaban J connectivity index is 0.000000312. The van der Waals surface area contributed by atoms with E-state index in [1.54, 1.807) is 6.92 Å². The Bertz CT molecular complexity index is 409. The maximum Gasteiger partial charge on any atom is 0.293 e. The lowest BCUT2D eigenvalue weighted by molar-refractivity contribution is -0.128. The van der Waals surface area contributed by atoms with Crippen LogP contribution < -0.4 is 0 Å². The number of allylic oxidation sites excluding steroid dienone is 1. The monoisotopic (exact) mass is 260 g/mol. The normalized spacial score (nSPS) is 17.9. The topological polar surface area (TPSA) is 43.4 Å². The van der Waals surface area contributed by atoms with Crippen LogP contribution in [0.5, 0.6) is 0 Å². The highest BCUT2D eigenvalue weighted by molar-refractivity contribution is 5.85. The maximum atomic E-state index is 11.3. The summed E-state index contributed by atoms with van der Waals surface area (Å²) >= 11 is 0. The van der Waals surface area contributed by atoms with Crippen molar-refractivity contribution >= 4 is 18.3 Å². The summed E-state index contributed by atoms with van der Waals surface area (Å²) in [5, 5.41) is 0. The third-order valence-corrected chi connectivity index (χ3v) is 2.91. The number of hydrogen-bond donors (Lipinski definition) is 0. The fourth-order valence-electron chi connectivity index (χ4n) is 1.91. The van der Waals surface area contributed by atoms with Gasteiger partial charge in [-0.3, -0.25) is 9.59 Å². The van der Waals surface area contributed by atoms with Gasteiger partial charge in [-0.05, 0) is 25.3 Å². The van der Waals surface area contributed by atoms with Gasteiger partial charge in [0.1, 0.15) is 5.78 Å². The first-order valence-corrected chi connectivity index (χ1v) is 6.59. The third-order valence-electron chi connectivity index (χ3n) is 2.91. The number of carbonyl (C=O) groups is 2. The van der Waals surface area contributed by atoms with E-state index in [2.05, 4.69) is 16.9 Å². The summed E-state index contributed by atoms with van der Waals surface area (Å²) in [5.41, 5.74) is 1.17. The van der Waals surface area contributed by atoms with Crippen LogP contribution in [0.15, 0.2) is 36.4 Å². The predicted molar refractivity (Wildman–Crippen MR) is 75.5 cm³/mol. The average molecular weight is 260 g/mol. The fraction of sp³-hybridized carbons (Fsp3) is 0.375. The number of ketones is 1. The summed E-state index contributed by atoms with van der Waals surface area (Å²) in [6, 6.07) is 10.1. The maximum absolute atomic E-state index is 11.3. The van der Waals surface area contributed by atoms with Crippen molar-refractivity contribution in [3.63, 3.8) is 0 Å². The van der Waals surface area contributed by atoms with Gasteiger partial charge in [0.05, 0.1) is 6.61 Å².